The maximum Gasteiger partial charge on any atom is 0.473 e. The fourth-order valence-electron chi connectivity index (χ4n) is 1.53. The summed E-state index contributed by atoms with van der Waals surface area (Å²) in [6.45, 7) is 3.03. The highest BCUT2D eigenvalue weighted by molar-refractivity contribution is 5.87. The molecule has 30 heavy (non-hydrogen) atoms. The quantitative estimate of drug-likeness (QED) is 0.222. The second-order valence-electron chi connectivity index (χ2n) is 5.80. The molecule has 0 radical (unpaired) electrons. The van der Waals surface area contributed by atoms with Gasteiger partial charge in [0.25, 0.3) is 0 Å². The topological polar surface area (TPSA) is 26.3 Å². The van der Waals surface area contributed by atoms with Gasteiger partial charge in [0.05, 0.1) is 0 Å². The number of rotatable bonds is 9. The lowest BCUT2D eigenvalue weighted by Crippen LogP contribution is -2.71. The zero-order chi connectivity index (χ0) is 24.8. The van der Waals surface area contributed by atoms with Gasteiger partial charge in [0.2, 0.25) is 0 Å². The third-order valence-corrected chi connectivity index (χ3v) is 3.30. The highest BCUT2D eigenvalue weighted by Gasteiger charge is 2.91. The molecule has 0 N–H and O–H groups in total. The molecule has 0 spiro atoms. The van der Waals surface area contributed by atoms with Crippen LogP contribution >= 0.6 is 0 Å². The molecule has 0 saturated carbocycles. The largest absolute Gasteiger partial charge is 0.473 e. The first kappa shape index (κ1) is 28.2. The number of alkyl halides is 15. The van der Waals surface area contributed by atoms with Crippen molar-refractivity contribution in [3.63, 3.8) is 0 Å². The van der Waals surface area contributed by atoms with E-state index in [1.165, 1.54) is 0 Å². The number of carbonyl (C=O) groups excluding carboxylic acids is 1. The third kappa shape index (κ3) is 4.73. The van der Waals surface area contributed by atoms with Crippen LogP contribution in [0.15, 0.2) is 12.2 Å². The summed E-state index contributed by atoms with van der Waals surface area (Å²) in [5.41, 5.74) is -1.18. The molecule has 0 aliphatic carbocycles. The first-order valence-electron chi connectivity index (χ1n) is 7.01. The number of halogens is 15. The molecule has 2 nitrogen and oxygen atoms in total. The molecule has 0 aromatic carbocycles. The number of hydrogen-bond acceptors (Lipinski definition) is 2. The number of hydrogen-bond donors (Lipinski definition) is 0. The fourth-order valence-corrected chi connectivity index (χ4v) is 1.53. The molecule has 0 unspecified atom stereocenters. The molecule has 0 fully saturated rings. The smallest absolute Gasteiger partial charge is 0.393 e. The lowest BCUT2D eigenvalue weighted by atomic mass is 9.91. The summed E-state index contributed by atoms with van der Waals surface area (Å²) in [6.07, 6.45) is -18.9. The molecule has 0 aromatic heterocycles. The van der Waals surface area contributed by atoms with Gasteiger partial charge in [-0.1, -0.05) is 6.58 Å². The molecule has 0 aliphatic heterocycles. The predicted octanol–water partition coefficient (Wildman–Crippen LogP) is 6.22. The van der Waals surface area contributed by atoms with Gasteiger partial charge < -0.3 is 4.74 Å². The second-order valence-corrected chi connectivity index (χ2v) is 5.80. The highest BCUT2D eigenvalue weighted by Crippen LogP contribution is 2.61. The maximum absolute atomic E-state index is 13.4. The molecule has 178 valence electrons. The molecule has 0 saturated heterocycles. The van der Waals surface area contributed by atoms with E-state index in [2.05, 4.69) is 11.3 Å². The monoisotopic (exact) mass is 482 g/mol. The molecule has 0 aromatic rings. The second kappa shape index (κ2) is 7.69. The molecule has 0 atom stereocenters. The van der Waals surface area contributed by atoms with Crippen molar-refractivity contribution in [1.82, 2.24) is 0 Å². The predicted molar refractivity (Wildman–Crippen MR) is 65.9 cm³/mol. The Kier molecular flexibility index (Phi) is 7.22. The van der Waals surface area contributed by atoms with Crippen LogP contribution in [0.5, 0.6) is 0 Å². The minimum absolute atomic E-state index is 0.485. The van der Waals surface area contributed by atoms with Gasteiger partial charge in [-0.05, 0) is 6.92 Å². The number of ether oxygens (including phenoxy) is 1. The summed E-state index contributed by atoms with van der Waals surface area (Å²) in [5, 5.41) is 0. The van der Waals surface area contributed by atoms with Crippen LogP contribution in [0.1, 0.15) is 19.8 Å². The normalized spacial score (nSPS) is 15.2. The zero-order valence-electron chi connectivity index (χ0n) is 14.1. The van der Waals surface area contributed by atoms with Crippen LogP contribution in [0.2, 0.25) is 0 Å². The molecule has 0 amide bonds. The van der Waals surface area contributed by atoms with E-state index in [9.17, 15) is 70.7 Å². The maximum atomic E-state index is 13.4. The van der Waals surface area contributed by atoms with Gasteiger partial charge >= 0.3 is 47.9 Å². The van der Waals surface area contributed by atoms with Crippen LogP contribution in [0.3, 0.4) is 0 Å². The summed E-state index contributed by atoms with van der Waals surface area (Å²) in [6, 6.07) is 0. The Hall–Kier alpha value is -1.84. The summed E-state index contributed by atoms with van der Waals surface area (Å²) < 4.78 is 198. The van der Waals surface area contributed by atoms with E-state index in [4.69, 9.17) is 0 Å². The SMILES string of the molecule is C=C(C)C(=O)OC(F)(F)C(F)(F)C(F)(F)C(F)(F)C(F)(F)C(F)(F)CCC(F)(F)F. The van der Waals surface area contributed by atoms with Crippen molar-refractivity contribution in [2.75, 3.05) is 0 Å². The average Bonchev–Trinajstić information content (AvgIpc) is 2.50. The van der Waals surface area contributed by atoms with E-state index in [1.54, 1.807) is 0 Å². The lowest BCUT2D eigenvalue weighted by Gasteiger charge is -2.40. The van der Waals surface area contributed by atoms with Gasteiger partial charge in [0.1, 0.15) is 0 Å². The molecule has 0 bridgehead atoms. The Morgan fingerprint density at radius 1 is 0.667 bits per heavy atom. The van der Waals surface area contributed by atoms with Crippen LogP contribution in [0, 0.1) is 0 Å². The van der Waals surface area contributed by atoms with E-state index < -0.39 is 66.3 Å². The molecule has 0 rings (SSSR count). The Morgan fingerprint density at radius 2 is 1.03 bits per heavy atom. The Morgan fingerprint density at radius 3 is 1.37 bits per heavy atom. The minimum atomic E-state index is -8.07. The van der Waals surface area contributed by atoms with E-state index in [0.29, 0.717) is 6.92 Å². The van der Waals surface area contributed by atoms with E-state index in [-0.39, 0.29) is 0 Å². The van der Waals surface area contributed by atoms with Gasteiger partial charge in [0.15, 0.2) is 0 Å². The van der Waals surface area contributed by atoms with Gasteiger partial charge in [0, 0.05) is 18.4 Å². The van der Waals surface area contributed by atoms with E-state index in [1.807, 2.05) is 0 Å². The highest BCUT2D eigenvalue weighted by atomic mass is 19.4. The molecular weight excluding hydrogens is 473 g/mol. The van der Waals surface area contributed by atoms with Gasteiger partial charge in [-0.3, -0.25) is 0 Å². The summed E-state index contributed by atoms with van der Waals surface area (Å²) in [5.74, 6) is -40.8. The van der Waals surface area contributed by atoms with Crippen molar-refractivity contribution in [1.29, 1.82) is 0 Å². The van der Waals surface area contributed by atoms with Gasteiger partial charge in [-0.2, -0.15) is 65.9 Å². The van der Waals surface area contributed by atoms with Crippen molar-refractivity contribution in [2.24, 2.45) is 0 Å². The zero-order valence-corrected chi connectivity index (χ0v) is 14.1. The van der Waals surface area contributed by atoms with Gasteiger partial charge in [-0.25, -0.2) is 4.79 Å². The summed E-state index contributed by atoms with van der Waals surface area (Å²) in [4.78, 5) is 10.8. The van der Waals surface area contributed by atoms with Crippen molar-refractivity contribution in [2.45, 2.75) is 61.7 Å². The average molecular weight is 482 g/mol. The number of esters is 1. The van der Waals surface area contributed by atoms with E-state index in [0.717, 1.165) is 0 Å². The lowest BCUT2D eigenvalue weighted by molar-refractivity contribution is -0.451. The Bertz CT molecular complexity index is 662. The van der Waals surface area contributed by atoms with Crippen molar-refractivity contribution < 1.29 is 75.4 Å². The first-order chi connectivity index (χ1) is 12.8. The molecule has 17 heteroatoms. The Balaban J connectivity index is 6.25. The summed E-state index contributed by atoms with van der Waals surface area (Å²) in [7, 11) is 0. The van der Waals surface area contributed by atoms with Crippen molar-refractivity contribution in [3.05, 3.63) is 12.2 Å². The first-order valence-corrected chi connectivity index (χ1v) is 7.01. The summed E-state index contributed by atoms with van der Waals surface area (Å²) >= 11 is 0. The van der Waals surface area contributed by atoms with Crippen LogP contribution in [-0.4, -0.2) is 47.9 Å². The van der Waals surface area contributed by atoms with E-state index >= 15 is 0 Å². The third-order valence-electron chi connectivity index (χ3n) is 3.30. The van der Waals surface area contributed by atoms with Crippen LogP contribution in [0.25, 0.3) is 0 Å². The van der Waals surface area contributed by atoms with Crippen LogP contribution in [0.4, 0.5) is 65.9 Å². The molecule has 0 heterocycles. The Labute approximate surface area is 156 Å². The molecular formula is C13H9F15O2. The standard InChI is InChI=1S/C13H9F15O2/c1-5(2)6(29)30-13(27,28)12(25,26)11(23,24)10(21,22)9(19,20)7(14,15)3-4-8(16,17)18/h1,3-4H2,2H3. The minimum Gasteiger partial charge on any atom is -0.393 e. The number of carbonyl (C=O) groups is 1. The van der Waals surface area contributed by atoms with Crippen LogP contribution in [-0.2, 0) is 9.53 Å². The van der Waals surface area contributed by atoms with Crippen molar-refractivity contribution in [3.8, 4) is 0 Å². The van der Waals surface area contributed by atoms with Crippen molar-refractivity contribution >= 4 is 5.97 Å². The van der Waals surface area contributed by atoms with Gasteiger partial charge in [-0.15, -0.1) is 0 Å². The fraction of sp³-hybridized carbons (Fsp3) is 0.769. The van der Waals surface area contributed by atoms with Crippen LogP contribution < -0.4 is 0 Å². The molecule has 0 aliphatic rings.